The van der Waals surface area contributed by atoms with Crippen LogP contribution in [0.2, 0.25) is 5.02 Å². The van der Waals surface area contributed by atoms with Crippen molar-refractivity contribution in [3.63, 3.8) is 0 Å². The molecular formula is C24H18ClF2N3O3S. The first-order valence-corrected chi connectivity index (χ1v) is 12.2. The number of benzene rings is 3. The van der Waals surface area contributed by atoms with Crippen LogP contribution in [0.4, 0.5) is 14.5 Å². The van der Waals surface area contributed by atoms with Crippen LogP contribution in [0.15, 0.2) is 53.6 Å². The number of rotatable bonds is 4. The molecule has 4 aromatic rings. The number of nitrogens with one attached hydrogen (secondary N) is 1. The third-order valence-corrected chi connectivity index (χ3v) is 7.67. The summed E-state index contributed by atoms with van der Waals surface area (Å²) in [7, 11) is -4.09. The molecule has 1 atom stereocenters. The summed E-state index contributed by atoms with van der Waals surface area (Å²) in [5.41, 5.74) is 2.60. The maximum absolute atomic E-state index is 14.9. The van der Waals surface area contributed by atoms with Crippen LogP contribution >= 0.6 is 11.6 Å². The average molecular weight is 502 g/mol. The number of fused-ring (bicyclic) bond motifs is 2. The van der Waals surface area contributed by atoms with E-state index in [0.717, 1.165) is 0 Å². The number of hydrogen-bond donors (Lipinski definition) is 2. The van der Waals surface area contributed by atoms with Crippen molar-refractivity contribution in [3.05, 3.63) is 82.3 Å². The highest BCUT2D eigenvalue weighted by atomic mass is 35.5. The Morgan fingerprint density at radius 1 is 1.15 bits per heavy atom. The number of nitrogens with zero attached hydrogens (tertiary/aromatic N) is 2. The molecule has 0 amide bonds. The first-order valence-electron chi connectivity index (χ1n) is 10.4. The maximum atomic E-state index is 14.9. The van der Waals surface area contributed by atoms with E-state index in [9.17, 15) is 22.3 Å². The van der Waals surface area contributed by atoms with Gasteiger partial charge >= 0.3 is 6.08 Å². The zero-order chi connectivity index (χ0) is 24.2. The fourth-order valence-electron chi connectivity index (χ4n) is 4.38. The Hall–Kier alpha value is -3.14. The van der Waals surface area contributed by atoms with Gasteiger partial charge in [0.2, 0.25) is 0 Å². The van der Waals surface area contributed by atoms with Crippen LogP contribution in [0.3, 0.4) is 0 Å². The van der Waals surface area contributed by atoms with Gasteiger partial charge in [-0.1, -0.05) is 17.7 Å². The zero-order valence-electron chi connectivity index (χ0n) is 17.8. The SMILES string of the molecule is Cc1c(NS(=O)(=O)c2cc(Cl)cc3c2CCC3O)ccc(F)c1-c1ccc2nc(F)ncc2c1. The van der Waals surface area contributed by atoms with E-state index in [0.29, 0.717) is 46.0 Å². The van der Waals surface area contributed by atoms with Crippen LogP contribution in [-0.2, 0) is 16.4 Å². The minimum Gasteiger partial charge on any atom is -0.388 e. The minimum absolute atomic E-state index is 0.0123. The molecule has 0 aliphatic heterocycles. The molecule has 3 aromatic carbocycles. The zero-order valence-corrected chi connectivity index (χ0v) is 19.4. The van der Waals surface area contributed by atoms with Crippen LogP contribution in [0.25, 0.3) is 22.0 Å². The van der Waals surface area contributed by atoms with Crippen LogP contribution in [0.1, 0.15) is 29.2 Å². The Bertz CT molecular complexity index is 1580. The molecule has 1 aromatic heterocycles. The summed E-state index contributed by atoms with van der Waals surface area (Å²) < 4.78 is 57.4. The van der Waals surface area contributed by atoms with E-state index in [-0.39, 0.29) is 21.2 Å². The highest BCUT2D eigenvalue weighted by Crippen LogP contribution is 2.39. The fraction of sp³-hybridized carbons (Fsp3) is 0.167. The maximum Gasteiger partial charge on any atom is 0.309 e. The van der Waals surface area contributed by atoms with Gasteiger partial charge in [0.05, 0.1) is 22.2 Å². The standard InChI is InChI=1S/C24H18ClF2N3O3S/c1-12-19(30-34(32,33)22-10-15(25)9-17-16(22)3-7-21(17)31)6-4-18(26)23(12)13-2-5-20-14(8-13)11-28-24(27)29-20/h2,4-6,8-11,21,30-31H,3,7H2,1H3. The summed E-state index contributed by atoms with van der Waals surface area (Å²) in [5.74, 6) is -0.547. The number of hydrogen-bond acceptors (Lipinski definition) is 5. The molecule has 5 rings (SSSR count). The van der Waals surface area contributed by atoms with Crippen molar-refractivity contribution in [3.8, 4) is 11.1 Å². The van der Waals surface area contributed by atoms with Crippen LogP contribution in [-0.4, -0.2) is 23.5 Å². The molecule has 0 fully saturated rings. The van der Waals surface area contributed by atoms with E-state index < -0.39 is 28.0 Å². The number of halogens is 3. The highest BCUT2D eigenvalue weighted by Gasteiger charge is 2.29. The Morgan fingerprint density at radius 2 is 1.94 bits per heavy atom. The molecule has 0 spiro atoms. The summed E-state index contributed by atoms with van der Waals surface area (Å²) in [6.45, 7) is 1.60. The van der Waals surface area contributed by atoms with Gasteiger partial charge in [0.25, 0.3) is 10.0 Å². The summed E-state index contributed by atoms with van der Waals surface area (Å²) >= 11 is 6.13. The van der Waals surface area contributed by atoms with Crippen molar-refractivity contribution in [2.45, 2.75) is 30.8 Å². The quantitative estimate of drug-likeness (QED) is 0.369. The highest BCUT2D eigenvalue weighted by molar-refractivity contribution is 7.92. The number of aliphatic hydroxyl groups excluding tert-OH is 1. The molecule has 1 aliphatic carbocycles. The average Bonchev–Trinajstić information content (AvgIpc) is 3.15. The Balaban J connectivity index is 1.58. The molecular weight excluding hydrogens is 484 g/mol. The second-order valence-corrected chi connectivity index (χ2v) is 10.2. The van der Waals surface area contributed by atoms with Crippen LogP contribution < -0.4 is 4.72 Å². The van der Waals surface area contributed by atoms with E-state index in [2.05, 4.69) is 14.7 Å². The Kier molecular flexibility index (Phi) is 5.50. The number of sulfonamides is 1. The van der Waals surface area contributed by atoms with E-state index in [1.807, 2.05) is 0 Å². The molecule has 0 radical (unpaired) electrons. The van der Waals surface area contributed by atoms with Crippen molar-refractivity contribution in [1.29, 1.82) is 0 Å². The Morgan fingerprint density at radius 3 is 2.74 bits per heavy atom. The second-order valence-electron chi connectivity index (χ2n) is 8.14. The van der Waals surface area contributed by atoms with Gasteiger partial charge in [-0.05, 0) is 78.4 Å². The predicted molar refractivity (Wildman–Crippen MR) is 125 cm³/mol. The summed E-state index contributed by atoms with van der Waals surface area (Å²) in [5, 5.41) is 10.9. The molecule has 6 nitrogen and oxygen atoms in total. The fourth-order valence-corrected chi connectivity index (χ4v) is 6.12. The first-order chi connectivity index (χ1) is 16.1. The van der Waals surface area contributed by atoms with Crippen LogP contribution in [0.5, 0.6) is 0 Å². The van der Waals surface area contributed by atoms with E-state index in [4.69, 9.17) is 11.6 Å². The van der Waals surface area contributed by atoms with Crippen molar-refractivity contribution >= 4 is 38.2 Å². The van der Waals surface area contributed by atoms with Gasteiger partial charge < -0.3 is 5.11 Å². The van der Waals surface area contributed by atoms with Crippen molar-refractivity contribution in [2.24, 2.45) is 0 Å². The van der Waals surface area contributed by atoms with Gasteiger partial charge in [-0.3, -0.25) is 4.72 Å². The van der Waals surface area contributed by atoms with Gasteiger partial charge in [0, 0.05) is 22.2 Å². The predicted octanol–water partition coefficient (Wildman–Crippen LogP) is 5.32. The number of aliphatic hydroxyl groups is 1. The molecule has 0 saturated heterocycles. The van der Waals surface area contributed by atoms with E-state index in [1.165, 1.54) is 24.4 Å². The molecule has 1 heterocycles. The lowest BCUT2D eigenvalue weighted by Crippen LogP contribution is -2.16. The largest absolute Gasteiger partial charge is 0.388 e. The molecule has 1 unspecified atom stereocenters. The first kappa shape index (κ1) is 22.6. The number of aromatic nitrogens is 2. The Labute approximate surface area is 199 Å². The van der Waals surface area contributed by atoms with Gasteiger partial charge in [0.15, 0.2) is 0 Å². The third kappa shape index (κ3) is 3.89. The molecule has 0 saturated carbocycles. The normalized spacial score (nSPS) is 15.5. The molecule has 10 heteroatoms. The van der Waals surface area contributed by atoms with Gasteiger partial charge in [-0.25, -0.2) is 22.8 Å². The number of anilines is 1. The minimum atomic E-state index is -4.09. The molecule has 34 heavy (non-hydrogen) atoms. The summed E-state index contributed by atoms with van der Waals surface area (Å²) in [6.07, 6.45) is 0.478. The van der Waals surface area contributed by atoms with Crippen molar-refractivity contribution in [1.82, 2.24) is 9.97 Å². The lowest BCUT2D eigenvalue weighted by atomic mass is 9.97. The van der Waals surface area contributed by atoms with E-state index in [1.54, 1.807) is 31.2 Å². The molecule has 1 aliphatic rings. The van der Waals surface area contributed by atoms with Gasteiger partial charge in [0.1, 0.15) is 5.82 Å². The second kappa shape index (κ2) is 8.26. The smallest absolute Gasteiger partial charge is 0.309 e. The summed E-state index contributed by atoms with van der Waals surface area (Å²) in [4.78, 5) is 7.23. The van der Waals surface area contributed by atoms with Crippen LogP contribution in [0, 0.1) is 18.8 Å². The molecule has 2 N–H and O–H groups in total. The topological polar surface area (TPSA) is 92.2 Å². The van der Waals surface area contributed by atoms with Crippen molar-refractivity contribution in [2.75, 3.05) is 4.72 Å². The molecule has 0 bridgehead atoms. The van der Waals surface area contributed by atoms with Crippen molar-refractivity contribution < 1.29 is 22.3 Å². The lowest BCUT2D eigenvalue weighted by molar-refractivity contribution is 0.180. The summed E-state index contributed by atoms with van der Waals surface area (Å²) in [6, 6.07) is 10.2. The van der Waals surface area contributed by atoms with E-state index >= 15 is 0 Å². The third-order valence-electron chi connectivity index (χ3n) is 6.02. The van der Waals surface area contributed by atoms with Gasteiger partial charge in [-0.2, -0.15) is 4.39 Å². The lowest BCUT2D eigenvalue weighted by Gasteiger charge is -2.17. The van der Waals surface area contributed by atoms with Gasteiger partial charge in [-0.15, -0.1) is 0 Å². The monoisotopic (exact) mass is 501 g/mol. The molecule has 174 valence electrons.